The van der Waals surface area contributed by atoms with Crippen molar-refractivity contribution in [2.24, 2.45) is 0 Å². The molecule has 0 spiro atoms. The summed E-state index contributed by atoms with van der Waals surface area (Å²) in [5.41, 5.74) is 1.95. The molecule has 5 heteroatoms. The maximum atomic E-state index is 13.0. The molecule has 126 valence electrons. The Bertz CT molecular complexity index is 705. The van der Waals surface area contributed by atoms with Crippen LogP contribution in [0.3, 0.4) is 0 Å². The number of hydrogen-bond donors (Lipinski definition) is 0. The van der Waals surface area contributed by atoms with Gasteiger partial charge in [-0.2, -0.15) is 0 Å². The fraction of sp³-hybridized carbons (Fsp3) is 0.316. The molecular formula is C19H19ClFNO2. The summed E-state index contributed by atoms with van der Waals surface area (Å²) in [4.78, 5) is 14.3. The Morgan fingerprint density at radius 3 is 2.79 bits per heavy atom. The first kappa shape index (κ1) is 16.9. The van der Waals surface area contributed by atoms with Gasteiger partial charge in [0.1, 0.15) is 11.9 Å². The van der Waals surface area contributed by atoms with Gasteiger partial charge in [-0.3, -0.25) is 4.79 Å². The van der Waals surface area contributed by atoms with Crippen LogP contribution in [-0.4, -0.2) is 30.5 Å². The summed E-state index contributed by atoms with van der Waals surface area (Å²) >= 11 is 5.97. The van der Waals surface area contributed by atoms with Crippen LogP contribution in [0.1, 0.15) is 23.7 Å². The Labute approximate surface area is 146 Å². The van der Waals surface area contributed by atoms with E-state index in [1.54, 1.807) is 12.1 Å². The van der Waals surface area contributed by atoms with Crippen LogP contribution in [0.15, 0.2) is 48.5 Å². The van der Waals surface area contributed by atoms with E-state index in [-0.39, 0.29) is 17.8 Å². The van der Waals surface area contributed by atoms with Crippen LogP contribution in [0.2, 0.25) is 5.02 Å². The first-order valence-corrected chi connectivity index (χ1v) is 8.39. The van der Waals surface area contributed by atoms with Crippen molar-refractivity contribution < 1.29 is 13.9 Å². The van der Waals surface area contributed by atoms with Gasteiger partial charge < -0.3 is 9.64 Å². The Balaban J connectivity index is 1.57. The molecule has 1 atom stereocenters. The van der Waals surface area contributed by atoms with Crippen LogP contribution >= 0.6 is 11.6 Å². The van der Waals surface area contributed by atoms with Gasteiger partial charge in [0.2, 0.25) is 5.91 Å². The number of aryl methyl sites for hydroxylation is 1. The lowest BCUT2D eigenvalue weighted by atomic mass is 10.1. The lowest BCUT2D eigenvalue weighted by Gasteiger charge is -2.33. The summed E-state index contributed by atoms with van der Waals surface area (Å²) in [6.07, 6.45) is 0.906. The number of ether oxygens (including phenoxy) is 1. The van der Waals surface area contributed by atoms with E-state index in [2.05, 4.69) is 0 Å². The van der Waals surface area contributed by atoms with E-state index in [0.717, 1.165) is 11.1 Å². The number of hydrogen-bond acceptors (Lipinski definition) is 2. The second kappa shape index (κ2) is 7.77. The molecule has 2 aromatic rings. The number of benzene rings is 2. The zero-order chi connectivity index (χ0) is 16.9. The highest BCUT2D eigenvalue weighted by Crippen LogP contribution is 2.23. The molecule has 1 aliphatic heterocycles. The van der Waals surface area contributed by atoms with Gasteiger partial charge in [-0.1, -0.05) is 35.9 Å². The Morgan fingerprint density at radius 2 is 2.04 bits per heavy atom. The van der Waals surface area contributed by atoms with Crippen LogP contribution in [0.4, 0.5) is 4.39 Å². The lowest BCUT2D eigenvalue weighted by molar-refractivity contribution is -0.139. The molecule has 1 unspecified atom stereocenters. The monoisotopic (exact) mass is 347 g/mol. The van der Waals surface area contributed by atoms with Crippen molar-refractivity contribution in [3.63, 3.8) is 0 Å². The molecule has 1 amide bonds. The normalized spacial score (nSPS) is 17.8. The van der Waals surface area contributed by atoms with Gasteiger partial charge >= 0.3 is 0 Å². The largest absolute Gasteiger partial charge is 0.370 e. The molecule has 1 aliphatic rings. The van der Waals surface area contributed by atoms with E-state index in [4.69, 9.17) is 16.3 Å². The van der Waals surface area contributed by atoms with Crippen molar-refractivity contribution in [2.45, 2.75) is 18.9 Å². The van der Waals surface area contributed by atoms with Gasteiger partial charge in [0.15, 0.2) is 0 Å². The van der Waals surface area contributed by atoms with Gasteiger partial charge in [-0.25, -0.2) is 4.39 Å². The molecule has 1 fully saturated rings. The zero-order valence-corrected chi connectivity index (χ0v) is 14.0. The lowest BCUT2D eigenvalue weighted by Crippen LogP contribution is -2.42. The summed E-state index contributed by atoms with van der Waals surface area (Å²) in [6.45, 7) is 1.58. The van der Waals surface area contributed by atoms with Crippen molar-refractivity contribution in [2.75, 3.05) is 19.7 Å². The van der Waals surface area contributed by atoms with Crippen LogP contribution in [0, 0.1) is 5.82 Å². The molecule has 0 radical (unpaired) electrons. The summed E-state index contributed by atoms with van der Waals surface area (Å²) in [5.74, 6) is -0.172. The highest BCUT2D eigenvalue weighted by Gasteiger charge is 2.25. The molecule has 24 heavy (non-hydrogen) atoms. The molecule has 1 heterocycles. The van der Waals surface area contributed by atoms with Crippen molar-refractivity contribution >= 4 is 17.5 Å². The zero-order valence-electron chi connectivity index (χ0n) is 13.3. The van der Waals surface area contributed by atoms with Gasteiger partial charge in [-0.05, 0) is 41.8 Å². The fourth-order valence-electron chi connectivity index (χ4n) is 2.86. The maximum Gasteiger partial charge on any atom is 0.223 e. The molecule has 0 aromatic heterocycles. The third-order valence-electron chi connectivity index (χ3n) is 4.18. The Kier molecular flexibility index (Phi) is 5.48. The second-order valence-corrected chi connectivity index (χ2v) is 6.32. The first-order chi connectivity index (χ1) is 11.6. The van der Waals surface area contributed by atoms with Gasteiger partial charge in [0, 0.05) is 18.0 Å². The second-order valence-electron chi connectivity index (χ2n) is 5.88. The third-order valence-corrected chi connectivity index (χ3v) is 4.41. The molecular weight excluding hydrogens is 329 g/mol. The number of amides is 1. The van der Waals surface area contributed by atoms with E-state index >= 15 is 0 Å². The molecule has 0 bridgehead atoms. The van der Waals surface area contributed by atoms with Crippen LogP contribution < -0.4 is 0 Å². The van der Waals surface area contributed by atoms with Gasteiger partial charge in [-0.15, -0.1) is 0 Å². The molecule has 0 saturated carbocycles. The maximum absolute atomic E-state index is 13.0. The highest BCUT2D eigenvalue weighted by atomic mass is 35.5. The molecule has 3 nitrogen and oxygen atoms in total. The summed E-state index contributed by atoms with van der Waals surface area (Å²) < 4.78 is 18.8. The Hall–Kier alpha value is -1.91. The van der Waals surface area contributed by atoms with E-state index in [0.29, 0.717) is 37.6 Å². The smallest absolute Gasteiger partial charge is 0.223 e. The van der Waals surface area contributed by atoms with E-state index < -0.39 is 0 Å². The minimum absolute atomic E-state index is 0.102. The average molecular weight is 348 g/mol. The highest BCUT2D eigenvalue weighted by molar-refractivity contribution is 6.30. The predicted octanol–water partition coefficient (Wildman–Crippen LogP) is 4.01. The van der Waals surface area contributed by atoms with Crippen molar-refractivity contribution in [1.29, 1.82) is 0 Å². The summed E-state index contributed by atoms with van der Waals surface area (Å²) in [6, 6.07) is 13.8. The molecule has 1 saturated heterocycles. The fourth-order valence-corrected chi connectivity index (χ4v) is 3.07. The van der Waals surface area contributed by atoms with Crippen molar-refractivity contribution in [3.05, 3.63) is 70.5 Å². The first-order valence-electron chi connectivity index (χ1n) is 8.01. The molecule has 2 aromatic carbocycles. The van der Waals surface area contributed by atoms with Crippen molar-refractivity contribution in [3.8, 4) is 0 Å². The summed E-state index contributed by atoms with van der Waals surface area (Å²) in [5, 5.41) is 0.683. The van der Waals surface area contributed by atoms with Crippen molar-refractivity contribution in [1.82, 2.24) is 4.90 Å². The minimum Gasteiger partial charge on any atom is -0.370 e. The topological polar surface area (TPSA) is 29.5 Å². The Morgan fingerprint density at radius 1 is 1.25 bits per heavy atom. The van der Waals surface area contributed by atoms with E-state index in [9.17, 15) is 9.18 Å². The van der Waals surface area contributed by atoms with Crippen LogP contribution in [-0.2, 0) is 16.0 Å². The van der Waals surface area contributed by atoms with Crippen LogP contribution in [0.25, 0.3) is 0 Å². The average Bonchev–Trinajstić information content (AvgIpc) is 2.60. The van der Waals surface area contributed by atoms with Gasteiger partial charge in [0.05, 0.1) is 13.2 Å². The number of rotatable bonds is 4. The van der Waals surface area contributed by atoms with E-state index in [1.807, 2.05) is 29.2 Å². The van der Waals surface area contributed by atoms with Crippen LogP contribution in [0.5, 0.6) is 0 Å². The standard InChI is InChI=1S/C19H19ClFNO2/c20-16-3-1-2-14(12-16)4-9-19(23)22-10-11-24-18(13-22)15-5-7-17(21)8-6-15/h1-3,5-8,12,18H,4,9-11,13H2. The predicted molar refractivity (Wildman–Crippen MR) is 91.4 cm³/mol. The molecule has 0 N–H and O–H groups in total. The molecule has 3 rings (SSSR count). The number of carbonyl (C=O) groups is 1. The number of carbonyl (C=O) groups excluding carboxylic acids is 1. The number of morpholine rings is 1. The van der Waals surface area contributed by atoms with E-state index in [1.165, 1.54) is 12.1 Å². The summed E-state index contributed by atoms with van der Waals surface area (Å²) in [7, 11) is 0. The molecule has 0 aliphatic carbocycles. The van der Waals surface area contributed by atoms with Gasteiger partial charge in [0.25, 0.3) is 0 Å². The SMILES string of the molecule is O=C(CCc1cccc(Cl)c1)N1CCOC(c2ccc(F)cc2)C1. The number of halogens is 2. The number of nitrogens with zero attached hydrogens (tertiary/aromatic N) is 1. The minimum atomic E-state index is -0.274. The third kappa shape index (κ3) is 4.34. The quantitative estimate of drug-likeness (QED) is 0.836.